The summed E-state index contributed by atoms with van der Waals surface area (Å²) in [6.07, 6.45) is 6.31. The van der Waals surface area contributed by atoms with Gasteiger partial charge in [-0.25, -0.2) is 0 Å². The highest BCUT2D eigenvalue weighted by atomic mass is 16.5. The van der Waals surface area contributed by atoms with E-state index in [1.807, 2.05) is 7.05 Å². The van der Waals surface area contributed by atoms with E-state index in [0.717, 1.165) is 65.0 Å². The molecule has 27 heavy (non-hydrogen) atoms. The Labute approximate surface area is 166 Å². The number of hydrogen-bond donors (Lipinski definition) is 2. The third-order valence-electron chi connectivity index (χ3n) is 5.92. The van der Waals surface area contributed by atoms with Gasteiger partial charge in [-0.1, -0.05) is 40.0 Å². The highest BCUT2D eigenvalue weighted by Gasteiger charge is 2.31. The number of nitrogens with one attached hydrogen (secondary N) is 2. The molecule has 6 heteroatoms. The molecule has 158 valence electrons. The minimum atomic E-state index is 0.287. The molecule has 0 radical (unpaired) electrons. The van der Waals surface area contributed by atoms with Crippen LogP contribution in [0.15, 0.2) is 4.99 Å². The van der Waals surface area contributed by atoms with Gasteiger partial charge in [-0.05, 0) is 18.3 Å². The van der Waals surface area contributed by atoms with Gasteiger partial charge < -0.3 is 20.1 Å². The first kappa shape index (κ1) is 22.4. The van der Waals surface area contributed by atoms with Gasteiger partial charge >= 0.3 is 0 Å². The molecule has 0 spiro atoms. The molecule has 0 aromatic heterocycles. The third-order valence-corrected chi connectivity index (χ3v) is 5.92. The third kappa shape index (κ3) is 7.96. The second kappa shape index (κ2) is 11.9. The molecular weight excluding hydrogens is 340 g/mol. The molecule has 0 aromatic rings. The summed E-state index contributed by atoms with van der Waals surface area (Å²) in [4.78, 5) is 7.02. The maximum absolute atomic E-state index is 5.67. The molecule has 0 aromatic carbocycles. The minimum absolute atomic E-state index is 0.287. The lowest BCUT2D eigenvalue weighted by molar-refractivity contribution is 0.00246. The molecule has 2 heterocycles. The minimum Gasteiger partial charge on any atom is -0.381 e. The Morgan fingerprint density at radius 2 is 1.93 bits per heavy atom. The van der Waals surface area contributed by atoms with E-state index in [4.69, 9.17) is 9.47 Å². The number of guanidine groups is 1. The van der Waals surface area contributed by atoms with Gasteiger partial charge in [0.25, 0.3) is 0 Å². The normalized spacial score (nSPS) is 23.4. The molecule has 2 unspecified atom stereocenters. The standard InChI is InChI=1S/C21H42N4O2/c1-5-6-7-9-21(2,3)17-24-20(22-4)23-15-19(18-8-12-27-16-18)25-10-13-26-14-11-25/h18-19H,5-17H2,1-4H3,(H2,22,23,24). The first-order chi connectivity index (χ1) is 13.1. The maximum atomic E-state index is 5.67. The van der Waals surface area contributed by atoms with Crippen molar-refractivity contribution in [3.8, 4) is 0 Å². The largest absolute Gasteiger partial charge is 0.381 e. The Kier molecular flexibility index (Phi) is 9.87. The fraction of sp³-hybridized carbons (Fsp3) is 0.952. The number of rotatable bonds is 10. The molecule has 2 saturated heterocycles. The molecule has 6 nitrogen and oxygen atoms in total. The van der Waals surface area contributed by atoms with Gasteiger partial charge in [0.05, 0.1) is 19.8 Å². The van der Waals surface area contributed by atoms with Crippen molar-refractivity contribution in [1.82, 2.24) is 15.5 Å². The number of aliphatic imine (C=N–C) groups is 1. The predicted molar refractivity (Wildman–Crippen MR) is 112 cm³/mol. The lowest BCUT2D eigenvalue weighted by atomic mass is 9.87. The highest BCUT2D eigenvalue weighted by Crippen LogP contribution is 2.23. The van der Waals surface area contributed by atoms with Crippen LogP contribution >= 0.6 is 0 Å². The molecule has 2 aliphatic heterocycles. The summed E-state index contributed by atoms with van der Waals surface area (Å²) in [6.45, 7) is 14.3. The smallest absolute Gasteiger partial charge is 0.191 e. The number of nitrogens with zero attached hydrogens (tertiary/aromatic N) is 2. The van der Waals surface area contributed by atoms with Crippen molar-refractivity contribution in [2.45, 2.75) is 58.9 Å². The molecule has 0 amide bonds. The van der Waals surface area contributed by atoms with E-state index in [-0.39, 0.29) is 5.41 Å². The molecule has 2 fully saturated rings. The summed E-state index contributed by atoms with van der Waals surface area (Å²) in [5.41, 5.74) is 0.287. The molecule has 0 bridgehead atoms. The molecule has 2 N–H and O–H groups in total. The molecule has 0 aliphatic carbocycles. The van der Waals surface area contributed by atoms with Crippen molar-refractivity contribution in [1.29, 1.82) is 0 Å². The van der Waals surface area contributed by atoms with Crippen LogP contribution in [0.5, 0.6) is 0 Å². The number of morpholine rings is 1. The first-order valence-electron chi connectivity index (χ1n) is 10.9. The monoisotopic (exact) mass is 382 g/mol. The van der Waals surface area contributed by atoms with Crippen LogP contribution in [-0.4, -0.2) is 76.6 Å². The summed E-state index contributed by atoms with van der Waals surface area (Å²) >= 11 is 0. The van der Waals surface area contributed by atoms with Crippen LogP contribution < -0.4 is 10.6 Å². The van der Waals surface area contributed by atoms with E-state index in [1.165, 1.54) is 25.7 Å². The number of unbranched alkanes of at least 4 members (excludes halogenated alkanes) is 2. The van der Waals surface area contributed by atoms with Crippen LogP contribution in [0.3, 0.4) is 0 Å². The zero-order valence-corrected chi connectivity index (χ0v) is 18.1. The maximum Gasteiger partial charge on any atom is 0.191 e. The van der Waals surface area contributed by atoms with Gasteiger partial charge in [-0.2, -0.15) is 0 Å². The van der Waals surface area contributed by atoms with Gasteiger partial charge in [0.1, 0.15) is 0 Å². The molecule has 0 saturated carbocycles. The van der Waals surface area contributed by atoms with E-state index < -0.39 is 0 Å². The molecular formula is C21H42N4O2. The Balaban J connectivity index is 1.82. The fourth-order valence-corrected chi connectivity index (χ4v) is 4.05. The summed E-state index contributed by atoms with van der Waals surface area (Å²) in [6, 6.07) is 0.479. The quantitative estimate of drug-likeness (QED) is 0.345. The summed E-state index contributed by atoms with van der Waals surface area (Å²) in [5.74, 6) is 1.51. The van der Waals surface area contributed by atoms with Gasteiger partial charge in [-0.3, -0.25) is 9.89 Å². The van der Waals surface area contributed by atoms with Crippen LogP contribution in [0.25, 0.3) is 0 Å². The Morgan fingerprint density at radius 1 is 1.15 bits per heavy atom. The van der Waals surface area contributed by atoms with Crippen molar-refractivity contribution in [3.05, 3.63) is 0 Å². The van der Waals surface area contributed by atoms with Crippen LogP contribution in [0.1, 0.15) is 52.9 Å². The molecule has 2 aliphatic rings. The van der Waals surface area contributed by atoms with E-state index in [9.17, 15) is 0 Å². The summed E-state index contributed by atoms with van der Waals surface area (Å²) in [7, 11) is 1.86. The zero-order chi connectivity index (χ0) is 19.5. The van der Waals surface area contributed by atoms with Crippen molar-refractivity contribution < 1.29 is 9.47 Å². The van der Waals surface area contributed by atoms with Crippen LogP contribution in [0.2, 0.25) is 0 Å². The Morgan fingerprint density at radius 3 is 2.56 bits per heavy atom. The Bertz CT molecular complexity index is 430. The van der Waals surface area contributed by atoms with E-state index in [2.05, 4.69) is 41.3 Å². The fourth-order valence-electron chi connectivity index (χ4n) is 4.05. The van der Waals surface area contributed by atoms with Crippen molar-refractivity contribution in [2.24, 2.45) is 16.3 Å². The zero-order valence-electron chi connectivity index (χ0n) is 18.1. The summed E-state index contributed by atoms with van der Waals surface area (Å²) < 4.78 is 11.2. The first-order valence-corrected chi connectivity index (χ1v) is 10.9. The second-order valence-corrected chi connectivity index (χ2v) is 8.77. The average molecular weight is 383 g/mol. The van der Waals surface area contributed by atoms with Crippen molar-refractivity contribution in [3.63, 3.8) is 0 Å². The number of hydrogen-bond acceptors (Lipinski definition) is 4. The SMILES string of the molecule is CCCCCC(C)(C)CNC(=NC)NCC(C1CCOC1)N1CCOCC1. The van der Waals surface area contributed by atoms with Crippen LogP contribution in [-0.2, 0) is 9.47 Å². The second-order valence-electron chi connectivity index (χ2n) is 8.77. The van der Waals surface area contributed by atoms with Crippen LogP contribution in [0, 0.1) is 11.3 Å². The predicted octanol–water partition coefficient (Wildman–Crippen LogP) is 2.50. The molecule has 2 rings (SSSR count). The highest BCUT2D eigenvalue weighted by molar-refractivity contribution is 5.79. The Hall–Kier alpha value is -0.850. The van der Waals surface area contributed by atoms with E-state index in [1.54, 1.807) is 0 Å². The van der Waals surface area contributed by atoms with Crippen molar-refractivity contribution >= 4 is 5.96 Å². The number of ether oxygens (including phenoxy) is 2. The van der Waals surface area contributed by atoms with E-state index in [0.29, 0.717) is 12.0 Å². The van der Waals surface area contributed by atoms with Gasteiger partial charge in [0.2, 0.25) is 0 Å². The average Bonchev–Trinajstić information content (AvgIpc) is 3.20. The summed E-state index contributed by atoms with van der Waals surface area (Å²) in [5, 5.41) is 7.13. The van der Waals surface area contributed by atoms with Gasteiger partial charge in [-0.15, -0.1) is 0 Å². The van der Waals surface area contributed by atoms with E-state index >= 15 is 0 Å². The van der Waals surface area contributed by atoms with Crippen molar-refractivity contribution in [2.75, 3.05) is 59.7 Å². The topological polar surface area (TPSA) is 58.1 Å². The lowest BCUT2D eigenvalue weighted by Crippen LogP contribution is -2.54. The van der Waals surface area contributed by atoms with Gasteiger partial charge in [0, 0.05) is 51.8 Å². The lowest BCUT2D eigenvalue weighted by Gasteiger charge is -2.38. The van der Waals surface area contributed by atoms with Crippen LogP contribution in [0.4, 0.5) is 0 Å². The molecule has 2 atom stereocenters. The van der Waals surface area contributed by atoms with Gasteiger partial charge in [0.15, 0.2) is 5.96 Å².